The van der Waals surface area contributed by atoms with Crippen molar-refractivity contribution in [2.75, 3.05) is 0 Å². The molecule has 0 aromatic rings. The number of Topliss-reactive ketones (excluding diaryl/α,β-unsaturated/α-hetero) is 1. The monoisotopic (exact) mass is 354 g/mol. The molecule has 6 rings (SSSR count). The molecule has 0 amide bonds. The SMILES string of the molecule is C=COC1(CC)CC12C(C1CC1)C(=C)C(=O)C13CCC(CC12)C(=C)C3O. The van der Waals surface area contributed by atoms with Gasteiger partial charge in [-0.3, -0.25) is 4.79 Å². The molecule has 0 aromatic carbocycles. The number of hydrogen-bond acceptors (Lipinski definition) is 3. The zero-order chi connectivity index (χ0) is 18.5. The van der Waals surface area contributed by atoms with Crippen LogP contribution in [0.4, 0.5) is 0 Å². The average Bonchev–Trinajstić information content (AvgIpc) is 3.55. The van der Waals surface area contributed by atoms with Crippen molar-refractivity contribution in [3.05, 3.63) is 37.1 Å². The highest BCUT2D eigenvalue weighted by Gasteiger charge is 2.84. The molecule has 7 atom stereocenters. The van der Waals surface area contributed by atoms with Gasteiger partial charge in [0.25, 0.3) is 0 Å². The van der Waals surface area contributed by atoms with Crippen LogP contribution in [0.15, 0.2) is 37.1 Å². The summed E-state index contributed by atoms with van der Waals surface area (Å²) < 4.78 is 6.20. The molecule has 6 aliphatic carbocycles. The molecular formula is C23H30O3. The summed E-state index contributed by atoms with van der Waals surface area (Å²) in [5.74, 6) is 1.42. The number of ether oxygens (including phenoxy) is 1. The Hall–Kier alpha value is -1.35. The maximum atomic E-state index is 13.6. The van der Waals surface area contributed by atoms with E-state index in [0.717, 1.165) is 43.3 Å². The number of allylic oxidation sites excluding steroid dienone is 1. The second-order valence-corrected chi connectivity index (χ2v) is 9.56. The van der Waals surface area contributed by atoms with Gasteiger partial charge in [0, 0.05) is 5.41 Å². The fraction of sp³-hybridized carbons (Fsp3) is 0.696. The van der Waals surface area contributed by atoms with E-state index in [0.29, 0.717) is 11.8 Å². The van der Waals surface area contributed by atoms with Crippen LogP contribution in [-0.2, 0) is 9.53 Å². The predicted molar refractivity (Wildman–Crippen MR) is 100 cm³/mol. The minimum Gasteiger partial charge on any atom is -0.495 e. The summed E-state index contributed by atoms with van der Waals surface area (Å²) in [4.78, 5) is 13.6. The molecule has 2 bridgehead atoms. The van der Waals surface area contributed by atoms with Gasteiger partial charge in [0.1, 0.15) is 5.60 Å². The number of ketones is 1. The molecule has 26 heavy (non-hydrogen) atoms. The smallest absolute Gasteiger partial charge is 0.167 e. The van der Waals surface area contributed by atoms with Crippen LogP contribution in [0.2, 0.25) is 0 Å². The largest absolute Gasteiger partial charge is 0.495 e. The number of rotatable bonds is 4. The molecule has 6 aliphatic rings. The van der Waals surface area contributed by atoms with Crippen LogP contribution in [0.1, 0.15) is 51.9 Å². The molecule has 3 nitrogen and oxygen atoms in total. The molecule has 2 spiro atoms. The molecule has 6 fully saturated rings. The number of aliphatic hydroxyl groups is 1. The lowest BCUT2D eigenvalue weighted by atomic mass is 9.41. The molecule has 6 saturated carbocycles. The maximum Gasteiger partial charge on any atom is 0.167 e. The lowest BCUT2D eigenvalue weighted by Gasteiger charge is -2.62. The fourth-order valence-electron chi connectivity index (χ4n) is 7.70. The van der Waals surface area contributed by atoms with E-state index in [2.05, 4.69) is 26.7 Å². The Kier molecular flexibility index (Phi) is 3.18. The van der Waals surface area contributed by atoms with Gasteiger partial charge >= 0.3 is 0 Å². The van der Waals surface area contributed by atoms with Gasteiger partial charge in [-0.1, -0.05) is 26.7 Å². The van der Waals surface area contributed by atoms with Gasteiger partial charge < -0.3 is 9.84 Å². The summed E-state index contributed by atoms with van der Waals surface area (Å²) in [6, 6.07) is 0. The van der Waals surface area contributed by atoms with Gasteiger partial charge in [0.05, 0.1) is 17.8 Å². The lowest BCUT2D eigenvalue weighted by molar-refractivity contribution is -0.171. The molecule has 7 unspecified atom stereocenters. The standard InChI is InChI=1S/C23H30O3/c1-5-21(26-6-2)12-23(21)17-11-16-9-10-22(17,19(24)13(16)3)20(25)14(4)18(23)15-7-8-15/h6,15-19,24H,2-5,7-12H2,1H3. The molecule has 0 aromatic heterocycles. The Morgan fingerprint density at radius 2 is 2.04 bits per heavy atom. The second-order valence-electron chi connectivity index (χ2n) is 9.56. The van der Waals surface area contributed by atoms with E-state index in [4.69, 9.17) is 4.74 Å². The van der Waals surface area contributed by atoms with E-state index in [9.17, 15) is 9.90 Å². The van der Waals surface area contributed by atoms with Gasteiger partial charge in [-0.05, 0) is 79.8 Å². The number of hydrogen-bond donors (Lipinski definition) is 1. The summed E-state index contributed by atoms with van der Waals surface area (Å²) in [6.45, 7) is 14.5. The topological polar surface area (TPSA) is 46.5 Å². The first kappa shape index (κ1) is 16.8. The van der Waals surface area contributed by atoms with Crippen molar-refractivity contribution >= 4 is 5.78 Å². The number of aliphatic hydroxyl groups excluding tert-OH is 1. The quantitative estimate of drug-likeness (QED) is 0.468. The zero-order valence-electron chi connectivity index (χ0n) is 15.8. The first-order valence-corrected chi connectivity index (χ1v) is 10.3. The molecule has 3 heteroatoms. The van der Waals surface area contributed by atoms with Crippen LogP contribution in [-0.4, -0.2) is 22.6 Å². The van der Waals surface area contributed by atoms with E-state index >= 15 is 0 Å². The Morgan fingerprint density at radius 1 is 1.31 bits per heavy atom. The summed E-state index contributed by atoms with van der Waals surface area (Å²) in [7, 11) is 0. The van der Waals surface area contributed by atoms with Crippen LogP contribution in [0, 0.1) is 34.5 Å². The third-order valence-corrected chi connectivity index (χ3v) is 8.95. The molecule has 0 radical (unpaired) electrons. The van der Waals surface area contributed by atoms with E-state index in [1.807, 2.05) is 0 Å². The Balaban J connectivity index is 1.70. The minimum atomic E-state index is -0.722. The first-order valence-electron chi connectivity index (χ1n) is 10.3. The van der Waals surface area contributed by atoms with Crippen LogP contribution in [0.5, 0.6) is 0 Å². The second kappa shape index (κ2) is 4.92. The lowest BCUT2D eigenvalue weighted by Crippen LogP contribution is -2.65. The van der Waals surface area contributed by atoms with Gasteiger partial charge in [0.2, 0.25) is 0 Å². The number of carbonyl (C=O) groups excluding carboxylic acids is 1. The summed E-state index contributed by atoms with van der Waals surface area (Å²) in [5, 5.41) is 11.2. The molecule has 0 heterocycles. The van der Waals surface area contributed by atoms with Crippen LogP contribution in [0.3, 0.4) is 0 Å². The Labute approximate surface area is 156 Å². The Bertz CT molecular complexity index is 734. The zero-order valence-corrected chi connectivity index (χ0v) is 15.8. The first-order chi connectivity index (χ1) is 12.4. The highest BCUT2D eigenvalue weighted by Crippen LogP contribution is 2.81. The Morgan fingerprint density at radius 3 is 2.65 bits per heavy atom. The highest BCUT2D eigenvalue weighted by molar-refractivity contribution is 6.03. The normalized spacial score (nSPS) is 52.2. The van der Waals surface area contributed by atoms with Crippen LogP contribution in [0.25, 0.3) is 0 Å². The predicted octanol–water partition coefficient (Wildman–Crippen LogP) is 4.18. The van der Waals surface area contributed by atoms with Gasteiger partial charge in [-0.25, -0.2) is 0 Å². The van der Waals surface area contributed by atoms with Gasteiger partial charge in [-0.2, -0.15) is 0 Å². The number of fused-ring (bicyclic) bond motifs is 2. The molecule has 0 aliphatic heterocycles. The van der Waals surface area contributed by atoms with Crippen molar-refractivity contribution < 1.29 is 14.6 Å². The van der Waals surface area contributed by atoms with Gasteiger partial charge in [-0.15, -0.1) is 0 Å². The van der Waals surface area contributed by atoms with Crippen molar-refractivity contribution in [3.63, 3.8) is 0 Å². The molecular weight excluding hydrogens is 324 g/mol. The minimum absolute atomic E-state index is 0.0670. The fourth-order valence-corrected chi connectivity index (χ4v) is 7.70. The third-order valence-electron chi connectivity index (χ3n) is 8.95. The summed E-state index contributed by atoms with van der Waals surface area (Å²) in [6.07, 6.45) is 7.83. The van der Waals surface area contributed by atoms with Gasteiger partial charge in [0.15, 0.2) is 5.78 Å². The van der Waals surface area contributed by atoms with Crippen molar-refractivity contribution in [3.8, 4) is 0 Å². The van der Waals surface area contributed by atoms with E-state index < -0.39 is 11.5 Å². The highest BCUT2D eigenvalue weighted by atomic mass is 16.5. The van der Waals surface area contributed by atoms with Crippen LogP contribution < -0.4 is 0 Å². The summed E-state index contributed by atoms with van der Waals surface area (Å²) >= 11 is 0. The van der Waals surface area contributed by atoms with Crippen molar-refractivity contribution in [1.29, 1.82) is 0 Å². The number of carbonyl (C=O) groups is 1. The van der Waals surface area contributed by atoms with Crippen LogP contribution >= 0.6 is 0 Å². The van der Waals surface area contributed by atoms with E-state index in [1.165, 1.54) is 12.8 Å². The maximum absolute atomic E-state index is 13.6. The molecule has 0 saturated heterocycles. The molecule has 1 N–H and O–H groups in total. The van der Waals surface area contributed by atoms with Crippen molar-refractivity contribution in [1.82, 2.24) is 0 Å². The molecule has 140 valence electrons. The average molecular weight is 354 g/mol. The van der Waals surface area contributed by atoms with Crippen molar-refractivity contribution in [2.24, 2.45) is 34.5 Å². The third kappa shape index (κ3) is 1.59. The van der Waals surface area contributed by atoms with Crippen molar-refractivity contribution in [2.45, 2.75) is 63.6 Å². The van der Waals surface area contributed by atoms with E-state index in [-0.39, 0.29) is 28.6 Å². The summed E-state index contributed by atoms with van der Waals surface area (Å²) in [5.41, 5.74) is 0.611. The van der Waals surface area contributed by atoms with E-state index in [1.54, 1.807) is 6.26 Å².